The minimum Gasteiger partial charge on any atom is -0.370 e. The van der Waals surface area contributed by atoms with E-state index in [-0.39, 0.29) is 11.5 Å². The van der Waals surface area contributed by atoms with Crippen molar-refractivity contribution in [3.8, 4) is 6.07 Å². The highest BCUT2D eigenvalue weighted by Crippen LogP contribution is 2.28. The minimum absolute atomic E-state index is 0.136. The van der Waals surface area contributed by atoms with Crippen LogP contribution in [0.25, 0.3) is 0 Å². The van der Waals surface area contributed by atoms with E-state index in [1.54, 1.807) is 6.07 Å². The number of rotatable bonds is 3. The van der Waals surface area contributed by atoms with Crippen molar-refractivity contribution in [3.05, 3.63) is 29.6 Å². The number of hydrogen-bond donors (Lipinski definition) is 0. The fourth-order valence-electron chi connectivity index (χ4n) is 3.61. The fraction of sp³-hybridized carbons (Fsp3) is 0.556. The second kappa shape index (κ2) is 6.99. The third-order valence-corrected chi connectivity index (χ3v) is 4.96. The van der Waals surface area contributed by atoms with Crippen LogP contribution in [0, 0.1) is 23.1 Å². The van der Waals surface area contributed by atoms with Gasteiger partial charge in [0.2, 0.25) is 5.91 Å². The van der Waals surface area contributed by atoms with Crippen LogP contribution in [-0.2, 0) is 4.79 Å². The SMILES string of the molecule is N#Cc1c(F)cccc1N1CCC(CN2CCCCC2=O)CC1. The largest absolute Gasteiger partial charge is 0.370 e. The third-order valence-electron chi connectivity index (χ3n) is 4.96. The zero-order valence-corrected chi connectivity index (χ0v) is 13.3. The lowest BCUT2D eigenvalue weighted by molar-refractivity contribution is -0.134. The van der Waals surface area contributed by atoms with Crippen molar-refractivity contribution in [2.24, 2.45) is 5.92 Å². The van der Waals surface area contributed by atoms with Crippen molar-refractivity contribution in [2.75, 3.05) is 31.1 Å². The van der Waals surface area contributed by atoms with Gasteiger partial charge in [0.05, 0.1) is 5.69 Å². The number of likely N-dealkylation sites (tertiary alicyclic amines) is 1. The topological polar surface area (TPSA) is 47.3 Å². The molecule has 0 N–H and O–H groups in total. The molecule has 23 heavy (non-hydrogen) atoms. The Kier molecular flexibility index (Phi) is 4.80. The number of anilines is 1. The summed E-state index contributed by atoms with van der Waals surface area (Å²) in [6, 6.07) is 6.78. The lowest BCUT2D eigenvalue weighted by atomic mass is 9.94. The van der Waals surface area contributed by atoms with Gasteiger partial charge in [0.1, 0.15) is 17.4 Å². The number of hydrogen-bond acceptors (Lipinski definition) is 3. The number of carbonyl (C=O) groups is 1. The summed E-state index contributed by atoms with van der Waals surface area (Å²) >= 11 is 0. The fourth-order valence-corrected chi connectivity index (χ4v) is 3.61. The lowest BCUT2D eigenvalue weighted by Gasteiger charge is -2.37. The van der Waals surface area contributed by atoms with Gasteiger partial charge in [-0.05, 0) is 43.7 Å². The second-order valence-corrected chi connectivity index (χ2v) is 6.47. The highest BCUT2D eigenvalue weighted by molar-refractivity contribution is 5.76. The third kappa shape index (κ3) is 3.47. The maximum absolute atomic E-state index is 13.7. The van der Waals surface area contributed by atoms with Crippen molar-refractivity contribution < 1.29 is 9.18 Å². The molecule has 1 aromatic rings. The van der Waals surface area contributed by atoms with Crippen molar-refractivity contribution in [2.45, 2.75) is 32.1 Å². The molecule has 0 radical (unpaired) electrons. The first kappa shape index (κ1) is 15.8. The smallest absolute Gasteiger partial charge is 0.222 e. The first-order chi connectivity index (χ1) is 11.2. The molecule has 3 rings (SSSR count). The van der Waals surface area contributed by atoms with Crippen molar-refractivity contribution >= 4 is 11.6 Å². The number of carbonyl (C=O) groups excluding carboxylic acids is 1. The molecule has 2 aliphatic heterocycles. The van der Waals surface area contributed by atoms with E-state index in [4.69, 9.17) is 5.26 Å². The zero-order chi connectivity index (χ0) is 16.2. The molecule has 0 saturated carbocycles. The van der Waals surface area contributed by atoms with E-state index in [0.717, 1.165) is 51.9 Å². The van der Waals surface area contributed by atoms with E-state index in [2.05, 4.69) is 4.90 Å². The van der Waals surface area contributed by atoms with Gasteiger partial charge in [-0.25, -0.2) is 4.39 Å². The van der Waals surface area contributed by atoms with E-state index in [9.17, 15) is 9.18 Å². The molecule has 5 heteroatoms. The van der Waals surface area contributed by atoms with Crippen LogP contribution in [0.2, 0.25) is 0 Å². The van der Waals surface area contributed by atoms with Gasteiger partial charge in [-0.2, -0.15) is 5.26 Å². The van der Waals surface area contributed by atoms with Gasteiger partial charge in [-0.15, -0.1) is 0 Å². The Balaban J connectivity index is 1.60. The van der Waals surface area contributed by atoms with E-state index in [1.807, 2.05) is 17.0 Å². The maximum Gasteiger partial charge on any atom is 0.222 e. The summed E-state index contributed by atoms with van der Waals surface area (Å²) in [5.74, 6) is 0.342. The maximum atomic E-state index is 13.7. The molecule has 0 spiro atoms. The minimum atomic E-state index is -0.453. The second-order valence-electron chi connectivity index (χ2n) is 6.47. The van der Waals surface area contributed by atoms with Gasteiger partial charge >= 0.3 is 0 Å². The quantitative estimate of drug-likeness (QED) is 0.861. The van der Waals surface area contributed by atoms with Gasteiger partial charge in [0.25, 0.3) is 0 Å². The van der Waals surface area contributed by atoms with Crippen molar-refractivity contribution in [3.63, 3.8) is 0 Å². The van der Waals surface area contributed by atoms with E-state index in [1.165, 1.54) is 6.07 Å². The summed E-state index contributed by atoms with van der Waals surface area (Å²) in [5, 5.41) is 9.17. The van der Waals surface area contributed by atoms with Gasteiger partial charge in [-0.1, -0.05) is 6.07 Å². The van der Waals surface area contributed by atoms with E-state index >= 15 is 0 Å². The van der Waals surface area contributed by atoms with Crippen LogP contribution >= 0.6 is 0 Å². The summed E-state index contributed by atoms with van der Waals surface area (Å²) in [6.45, 7) is 3.36. The summed E-state index contributed by atoms with van der Waals surface area (Å²) in [5.41, 5.74) is 0.831. The molecule has 0 bridgehead atoms. The van der Waals surface area contributed by atoms with Crippen LogP contribution in [-0.4, -0.2) is 37.0 Å². The average molecular weight is 315 g/mol. The number of nitrogens with zero attached hydrogens (tertiary/aromatic N) is 3. The molecule has 0 aromatic heterocycles. The highest BCUT2D eigenvalue weighted by atomic mass is 19.1. The van der Waals surface area contributed by atoms with Crippen LogP contribution in [0.15, 0.2) is 18.2 Å². The molecular formula is C18H22FN3O. The Labute approximate surface area is 136 Å². The summed E-state index contributed by atoms with van der Waals surface area (Å²) < 4.78 is 13.7. The van der Waals surface area contributed by atoms with Crippen LogP contribution in [0.5, 0.6) is 0 Å². The Morgan fingerprint density at radius 3 is 2.70 bits per heavy atom. The number of halogens is 1. The average Bonchev–Trinajstić information content (AvgIpc) is 2.57. The normalized spacial score (nSPS) is 19.7. The van der Waals surface area contributed by atoms with Gasteiger partial charge < -0.3 is 9.80 Å². The Morgan fingerprint density at radius 2 is 2.00 bits per heavy atom. The Bertz CT molecular complexity index is 617. The molecule has 2 aliphatic rings. The van der Waals surface area contributed by atoms with Gasteiger partial charge in [0.15, 0.2) is 0 Å². The molecule has 2 saturated heterocycles. The molecule has 1 amide bonds. The number of amides is 1. The molecule has 1 aromatic carbocycles. The Hall–Kier alpha value is -2.09. The van der Waals surface area contributed by atoms with E-state index < -0.39 is 5.82 Å². The first-order valence-corrected chi connectivity index (χ1v) is 8.40. The molecule has 2 fully saturated rings. The standard InChI is InChI=1S/C18H22FN3O/c19-16-4-3-5-17(15(16)12-20)21-10-7-14(8-11-21)13-22-9-2-1-6-18(22)23/h3-5,14H,1-2,6-11,13H2. The van der Waals surface area contributed by atoms with Crippen molar-refractivity contribution in [1.82, 2.24) is 4.90 Å². The molecule has 4 nitrogen and oxygen atoms in total. The van der Waals surface area contributed by atoms with Crippen molar-refractivity contribution in [1.29, 1.82) is 5.26 Å². The predicted octanol–water partition coefficient (Wildman–Crippen LogP) is 2.93. The predicted molar refractivity (Wildman–Crippen MR) is 86.5 cm³/mol. The Morgan fingerprint density at radius 1 is 1.22 bits per heavy atom. The summed E-state index contributed by atoms with van der Waals surface area (Å²) in [7, 11) is 0. The molecule has 0 unspecified atom stereocenters. The zero-order valence-electron chi connectivity index (χ0n) is 13.3. The summed E-state index contributed by atoms with van der Waals surface area (Å²) in [6.07, 6.45) is 4.77. The molecular weight excluding hydrogens is 293 g/mol. The van der Waals surface area contributed by atoms with Gasteiger partial charge in [0, 0.05) is 32.6 Å². The summed E-state index contributed by atoms with van der Waals surface area (Å²) in [4.78, 5) is 16.0. The lowest BCUT2D eigenvalue weighted by Crippen LogP contribution is -2.42. The van der Waals surface area contributed by atoms with E-state index in [0.29, 0.717) is 18.0 Å². The van der Waals surface area contributed by atoms with Crippen LogP contribution in [0.3, 0.4) is 0 Å². The monoisotopic (exact) mass is 315 g/mol. The number of nitriles is 1. The molecule has 122 valence electrons. The number of piperidine rings is 2. The first-order valence-electron chi connectivity index (χ1n) is 8.40. The molecule has 2 heterocycles. The molecule has 0 atom stereocenters. The molecule has 0 aliphatic carbocycles. The van der Waals surface area contributed by atoms with Crippen LogP contribution in [0.1, 0.15) is 37.7 Å². The van der Waals surface area contributed by atoms with Crippen LogP contribution in [0.4, 0.5) is 10.1 Å². The van der Waals surface area contributed by atoms with Crippen LogP contribution < -0.4 is 4.90 Å². The van der Waals surface area contributed by atoms with Gasteiger partial charge in [-0.3, -0.25) is 4.79 Å². The highest BCUT2D eigenvalue weighted by Gasteiger charge is 2.26. The number of benzene rings is 1.